The van der Waals surface area contributed by atoms with Crippen molar-refractivity contribution in [3.63, 3.8) is 0 Å². The van der Waals surface area contributed by atoms with Gasteiger partial charge in [0.05, 0.1) is 19.5 Å². The highest BCUT2D eigenvalue weighted by Gasteiger charge is 2.27. The molecule has 2 heterocycles. The molecule has 7 heteroatoms. The molecule has 0 radical (unpaired) electrons. The number of carbonyl (C=O) groups is 1. The zero-order chi connectivity index (χ0) is 15.0. The summed E-state index contributed by atoms with van der Waals surface area (Å²) in [4.78, 5) is 14.2. The molecule has 1 amide bonds. The molecule has 0 saturated carbocycles. The van der Waals surface area contributed by atoms with Gasteiger partial charge in [0.15, 0.2) is 0 Å². The second-order valence-corrected chi connectivity index (χ2v) is 7.41. The molecular formula is C14H18N2O4S. The SMILES string of the molecule is CS(=O)(=O)N1CCN(C(=O)c2ccc3c(c2)COC3)CC1. The van der Waals surface area contributed by atoms with Crippen LogP contribution in [-0.4, -0.2) is 56.0 Å². The van der Waals surface area contributed by atoms with Crippen molar-refractivity contribution in [1.29, 1.82) is 0 Å². The highest BCUT2D eigenvalue weighted by molar-refractivity contribution is 7.88. The number of piperazine rings is 1. The van der Waals surface area contributed by atoms with Gasteiger partial charge in [-0.15, -0.1) is 0 Å². The van der Waals surface area contributed by atoms with Crippen LogP contribution in [0.4, 0.5) is 0 Å². The first kappa shape index (κ1) is 14.5. The maximum Gasteiger partial charge on any atom is 0.253 e. The third-order valence-corrected chi connectivity index (χ3v) is 5.27. The molecule has 3 rings (SSSR count). The van der Waals surface area contributed by atoms with E-state index in [9.17, 15) is 13.2 Å². The van der Waals surface area contributed by atoms with Crippen LogP contribution in [0, 0.1) is 0 Å². The van der Waals surface area contributed by atoms with Gasteiger partial charge in [0, 0.05) is 31.7 Å². The van der Waals surface area contributed by atoms with E-state index in [0.29, 0.717) is 45.0 Å². The Morgan fingerprint density at radius 1 is 1.10 bits per heavy atom. The summed E-state index contributed by atoms with van der Waals surface area (Å²) in [6.45, 7) is 2.74. The molecule has 1 aromatic carbocycles. The number of amides is 1. The zero-order valence-corrected chi connectivity index (χ0v) is 12.7. The fourth-order valence-electron chi connectivity index (χ4n) is 2.71. The number of carbonyl (C=O) groups excluding carboxylic acids is 1. The molecule has 0 aromatic heterocycles. The van der Waals surface area contributed by atoms with Crippen LogP contribution in [0.1, 0.15) is 21.5 Å². The van der Waals surface area contributed by atoms with Gasteiger partial charge >= 0.3 is 0 Å². The summed E-state index contributed by atoms with van der Waals surface area (Å²) >= 11 is 0. The number of hydrogen-bond donors (Lipinski definition) is 0. The molecule has 0 aliphatic carbocycles. The van der Waals surface area contributed by atoms with Gasteiger partial charge in [-0.25, -0.2) is 8.42 Å². The lowest BCUT2D eigenvalue weighted by molar-refractivity contribution is 0.0698. The molecular weight excluding hydrogens is 292 g/mol. The van der Waals surface area contributed by atoms with Crippen LogP contribution in [0.2, 0.25) is 0 Å². The molecule has 2 aliphatic heterocycles. The largest absolute Gasteiger partial charge is 0.372 e. The Morgan fingerprint density at radius 3 is 2.43 bits per heavy atom. The minimum atomic E-state index is -3.17. The first-order chi connectivity index (χ1) is 9.95. The van der Waals surface area contributed by atoms with Crippen molar-refractivity contribution in [2.24, 2.45) is 0 Å². The van der Waals surface area contributed by atoms with Crippen molar-refractivity contribution in [2.75, 3.05) is 32.4 Å². The molecule has 0 unspecified atom stereocenters. The van der Waals surface area contributed by atoms with Crippen molar-refractivity contribution >= 4 is 15.9 Å². The van der Waals surface area contributed by atoms with Crippen molar-refractivity contribution in [3.05, 3.63) is 34.9 Å². The Kier molecular flexibility index (Phi) is 3.73. The normalized spacial score (nSPS) is 19.6. The van der Waals surface area contributed by atoms with Gasteiger partial charge in [-0.3, -0.25) is 4.79 Å². The van der Waals surface area contributed by atoms with E-state index in [1.165, 1.54) is 10.6 Å². The third-order valence-electron chi connectivity index (χ3n) is 3.96. The van der Waals surface area contributed by atoms with Crippen LogP contribution in [0.15, 0.2) is 18.2 Å². The van der Waals surface area contributed by atoms with Crippen molar-refractivity contribution < 1.29 is 17.9 Å². The Bertz CT molecular complexity index is 664. The summed E-state index contributed by atoms with van der Waals surface area (Å²) in [6.07, 6.45) is 1.20. The number of ether oxygens (including phenoxy) is 1. The quantitative estimate of drug-likeness (QED) is 0.795. The van der Waals surface area contributed by atoms with Crippen molar-refractivity contribution in [2.45, 2.75) is 13.2 Å². The number of hydrogen-bond acceptors (Lipinski definition) is 4. The van der Waals surface area contributed by atoms with E-state index in [1.54, 1.807) is 4.90 Å². The second kappa shape index (κ2) is 5.40. The van der Waals surface area contributed by atoms with Gasteiger partial charge < -0.3 is 9.64 Å². The van der Waals surface area contributed by atoms with Crippen molar-refractivity contribution in [3.8, 4) is 0 Å². The number of sulfonamides is 1. The molecule has 2 aliphatic rings. The summed E-state index contributed by atoms with van der Waals surface area (Å²) in [5.41, 5.74) is 2.84. The topological polar surface area (TPSA) is 66.9 Å². The molecule has 0 N–H and O–H groups in total. The van der Waals surface area contributed by atoms with Crippen LogP contribution in [0.25, 0.3) is 0 Å². The van der Waals surface area contributed by atoms with E-state index in [1.807, 2.05) is 18.2 Å². The van der Waals surface area contributed by atoms with E-state index in [4.69, 9.17) is 4.74 Å². The smallest absolute Gasteiger partial charge is 0.253 e. The Labute approximate surface area is 124 Å². The van der Waals surface area contributed by atoms with Crippen LogP contribution in [0.5, 0.6) is 0 Å². The second-order valence-electron chi connectivity index (χ2n) is 5.43. The summed E-state index contributed by atoms with van der Waals surface area (Å²) in [6, 6.07) is 5.63. The summed E-state index contributed by atoms with van der Waals surface area (Å²) in [7, 11) is -3.17. The molecule has 21 heavy (non-hydrogen) atoms. The molecule has 0 bridgehead atoms. The highest BCUT2D eigenvalue weighted by atomic mass is 32.2. The standard InChI is InChI=1S/C14H18N2O4S/c1-21(18,19)16-6-4-15(5-7-16)14(17)11-2-3-12-9-20-10-13(12)8-11/h2-3,8H,4-7,9-10H2,1H3. The Morgan fingerprint density at radius 2 is 1.76 bits per heavy atom. The molecule has 1 fully saturated rings. The molecule has 1 aromatic rings. The first-order valence-electron chi connectivity index (χ1n) is 6.89. The van der Waals surface area contributed by atoms with E-state index < -0.39 is 10.0 Å². The Hall–Kier alpha value is -1.44. The molecule has 114 valence electrons. The lowest BCUT2D eigenvalue weighted by Gasteiger charge is -2.33. The predicted octanol–water partition coefficient (Wildman–Crippen LogP) is 0.434. The van der Waals surface area contributed by atoms with E-state index in [0.717, 1.165) is 11.1 Å². The maximum atomic E-state index is 12.5. The van der Waals surface area contributed by atoms with Gasteiger partial charge in [0.1, 0.15) is 0 Å². The van der Waals surface area contributed by atoms with Crippen LogP contribution in [-0.2, 0) is 28.0 Å². The first-order valence-corrected chi connectivity index (χ1v) is 8.74. The highest BCUT2D eigenvalue weighted by Crippen LogP contribution is 2.22. The minimum Gasteiger partial charge on any atom is -0.372 e. The minimum absolute atomic E-state index is 0.0437. The average Bonchev–Trinajstić information content (AvgIpc) is 2.93. The molecule has 1 saturated heterocycles. The van der Waals surface area contributed by atoms with Gasteiger partial charge in [-0.1, -0.05) is 6.07 Å². The third kappa shape index (κ3) is 2.95. The summed E-state index contributed by atoms with van der Waals surface area (Å²) < 4.78 is 29.7. The van der Waals surface area contributed by atoms with Gasteiger partial charge in [0.2, 0.25) is 10.0 Å². The average molecular weight is 310 g/mol. The van der Waals surface area contributed by atoms with Crippen LogP contribution in [0.3, 0.4) is 0 Å². The van der Waals surface area contributed by atoms with Gasteiger partial charge in [0.25, 0.3) is 5.91 Å². The van der Waals surface area contributed by atoms with Crippen LogP contribution < -0.4 is 0 Å². The zero-order valence-electron chi connectivity index (χ0n) is 11.9. The predicted molar refractivity (Wildman–Crippen MR) is 77.3 cm³/mol. The summed E-state index contributed by atoms with van der Waals surface area (Å²) in [5.74, 6) is -0.0437. The molecule has 0 spiro atoms. The molecule has 0 atom stereocenters. The lowest BCUT2D eigenvalue weighted by atomic mass is 10.1. The van der Waals surface area contributed by atoms with Crippen LogP contribution >= 0.6 is 0 Å². The number of fused-ring (bicyclic) bond motifs is 1. The maximum absolute atomic E-state index is 12.5. The number of benzene rings is 1. The molecule has 6 nitrogen and oxygen atoms in total. The van der Waals surface area contributed by atoms with E-state index in [-0.39, 0.29) is 5.91 Å². The van der Waals surface area contributed by atoms with E-state index >= 15 is 0 Å². The summed E-state index contributed by atoms with van der Waals surface area (Å²) in [5, 5.41) is 0. The number of nitrogens with zero attached hydrogens (tertiary/aromatic N) is 2. The van der Waals surface area contributed by atoms with E-state index in [2.05, 4.69) is 0 Å². The monoisotopic (exact) mass is 310 g/mol. The number of rotatable bonds is 2. The van der Waals surface area contributed by atoms with Gasteiger partial charge in [-0.05, 0) is 23.3 Å². The fraction of sp³-hybridized carbons (Fsp3) is 0.500. The Balaban J connectivity index is 1.70. The fourth-order valence-corrected chi connectivity index (χ4v) is 3.54. The van der Waals surface area contributed by atoms with Crippen molar-refractivity contribution in [1.82, 2.24) is 9.21 Å². The van der Waals surface area contributed by atoms with Gasteiger partial charge in [-0.2, -0.15) is 4.31 Å². The lowest BCUT2D eigenvalue weighted by Crippen LogP contribution is -2.50.